The first-order chi connectivity index (χ1) is 11.7. The van der Waals surface area contributed by atoms with Gasteiger partial charge in [0.15, 0.2) is 0 Å². The van der Waals surface area contributed by atoms with Crippen LogP contribution in [-0.4, -0.2) is 27.6 Å². The first kappa shape index (κ1) is 18.0. The summed E-state index contributed by atoms with van der Waals surface area (Å²) < 4.78 is 2.14. The van der Waals surface area contributed by atoms with Gasteiger partial charge in [-0.25, -0.2) is 0 Å². The Kier molecular flexibility index (Phi) is 4.67. The van der Waals surface area contributed by atoms with E-state index in [0.717, 1.165) is 19.3 Å². The lowest BCUT2D eigenvalue weighted by Crippen LogP contribution is -2.62. The second-order valence-electron chi connectivity index (χ2n) is 8.85. The Hall–Kier alpha value is -1.81. The van der Waals surface area contributed by atoms with Gasteiger partial charge in [-0.15, -0.1) is 0 Å². The topological polar surface area (TPSA) is 46.1 Å². The minimum absolute atomic E-state index is 0.0509. The molecule has 1 saturated heterocycles. The third kappa shape index (κ3) is 4.24. The number of benzene rings is 1. The normalized spacial score (nSPS) is 19.9. The summed E-state index contributed by atoms with van der Waals surface area (Å²) in [6.45, 7) is 8.85. The van der Waals surface area contributed by atoms with E-state index in [9.17, 15) is 4.79 Å². The zero-order chi connectivity index (χ0) is 18.2. The van der Waals surface area contributed by atoms with E-state index in [1.807, 2.05) is 0 Å². The summed E-state index contributed by atoms with van der Waals surface area (Å²) in [5.74, 6) is 0.159. The van der Waals surface area contributed by atoms with Crippen LogP contribution < -0.4 is 10.6 Å². The van der Waals surface area contributed by atoms with E-state index in [0.29, 0.717) is 6.42 Å². The second-order valence-corrected chi connectivity index (χ2v) is 8.85. The Morgan fingerprint density at radius 3 is 2.52 bits per heavy atom. The Bertz CT molecular complexity index is 757. The lowest BCUT2D eigenvalue weighted by molar-refractivity contribution is -0.122. The van der Waals surface area contributed by atoms with Crippen molar-refractivity contribution in [2.24, 2.45) is 7.05 Å². The largest absolute Gasteiger partial charge is 0.353 e. The summed E-state index contributed by atoms with van der Waals surface area (Å²) in [6, 6.07) is 8.62. The molecule has 0 unspecified atom stereocenters. The summed E-state index contributed by atoms with van der Waals surface area (Å²) in [4.78, 5) is 12.5. The number of aryl methyl sites for hydroxylation is 2. The molecule has 4 nitrogen and oxygen atoms in total. The molecule has 1 aliphatic rings. The molecular weight excluding hydrogens is 310 g/mol. The SMILES string of the molecule is Cn1cc(CCC(=O)NC2CC(C)(C)NC(C)(C)C2)c2ccccc21. The zero-order valence-corrected chi connectivity index (χ0v) is 16.1. The number of piperidine rings is 1. The maximum absolute atomic E-state index is 12.5. The fourth-order valence-corrected chi connectivity index (χ4v) is 4.60. The van der Waals surface area contributed by atoms with Crippen LogP contribution in [0, 0.1) is 0 Å². The molecule has 4 heteroatoms. The monoisotopic (exact) mass is 341 g/mol. The zero-order valence-electron chi connectivity index (χ0n) is 16.1. The molecule has 1 fully saturated rings. The molecule has 3 rings (SSSR count). The highest BCUT2D eigenvalue weighted by Crippen LogP contribution is 2.28. The van der Waals surface area contributed by atoms with E-state index < -0.39 is 0 Å². The average Bonchev–Trinajstić information content (AvgIpc) is 2.79. The van der Waals surface area contributed by atoms with Crippen LogP contribution in [0.25, 0.3) is 10.9 Å². The van der Waals surface area contributed by atoms with Gasteiger partial charge >= 0.3 is 0 Å². The Morgan fingerprint density at radius 2 is 1.84 bits per heavy atom. The minimum atomic E-state index is 0.0509. The van der Waals surface area contributed by atoms with E-state index in [1.54, 1.807) is 0 Å². The van der Waals surface area contributed by atoms with Crippen LogP contribution in [0.1, 0.15) is 52.5 Å². The van der Waals surface area contributed by atoms with Crippen molar-refractivity contribution in [2.75, 3.05) is 0 Å². The molecule has 0 aliphatic carbocycles. The highest BCUT2D eigenvalue weighted by molar-refractivity contribution is 5.85. The lowest BCUT2D eigenvalue weighted by atomic mass is 9.79. The number of hydrogen-bond donors (Lipinski definition) is 2. The van der Waals surface area contributed by atoms with Gasteiger partial charge < -0.3 is 15.2 Å². The molecule has 0 bridgehead atoms. The molecule has 0 saturated carbocycles. The predicted octanol–water partition coefficient (Wildman–Crippen LogP) is 3.54. The van der Waals surface area contributed by atoms with Crippen LogP contribution in [0.4, 0.5) is 0 Å². The fourth-order valence-electron chi connectivity index (χ4n) is 4.60. The van der Waals surface area contributed by atoms with Crippen LogP contribution in [0.2, 0.25) is 0 Å². The highest BCUT2D eigenvalue weighted by atomic mass is 16.1. The third-order valence-electron chi connectivity index (χ3n) is 5.16. The molecule has 1 aromatic heterocycles. The number of amides is 1. The van der Waals surface area contributed by atoms with E-state index in [1.165, 1.54) is 16.5 Å². The van der Waals surface area contributed by atoms with Gasteiger partial charge in [-0.05, 0) is 58.6 Å². The molecular formula is C21H31N3O. The Balaban J connectivity index is 1.61. The summed E-state index contributed by atoms with van der Waals surface area (Å²) in [7, 11) is 2.06. The molecule has 136 valence electrons. The van der Waals surface area contributed by atoms with E-state index in [-0.39, 0.29) is 23.0 Å². The third-order valence-corrected chi connectivity index (χ3v) is 5.16. The maximum Gasteiger partial charge on any atom is 0.220 e. The van der Waals surface area contributed by atoms with E-state index in [4.69, 9.17) is 0 Å². The molecule has 0 radical (unpaired) electrons. The molecule has 0 atom stereocenters. The minimum Gasteiger partial charge on any atom is -0.353 e. The van der Waals surface area contributed by atoms with Crippen molar-refractivity contribution in [1.82, 2.24) is 15.2 Å². The van der Waals surface area contributed by atoms with Crippen molar-refractivity contribution < 1.29 is 4.79 Å². The fraction of sp³-hybridized carbons (Fsp3) is 0.571. The number of rotatable bonds is 4. The van der Waals surface area contributed by atoms with Gasteiger partial charge in [0.25, 0.3) is 0 Å². The molecule has 25 heavy (non-hydrogen) atoms. The van der Waals surface area contributed by atoms with Gasteiger partial charge in [-0.3, -0.25) is 4.79 Å². The number of nitrogens with one attached hydrogen (secondary N) is 2. The van der Waals surface area contributed by atoms with Gasteiger partial charge in [-0.2, -0.15) is 0 Å². The second kappa shape index (κ2) is 6.49. The number of fused-ring (bicyclic) bond motifs is 1. The van der Waals surface area contributed by atoms with Crippen molar-refractivity contribution in [3.05, 3.63) is 36.0 Å². The summed E-state index contributed by atoms with van der Waals surface area (Å²) in [5, 5.41) is 8.18. The van der Waals surface area contributed by atoms with E-state index >= 15 is 0 Å². The van der Waals surface area contributed by atoms with Gasteiger partial charge in [-0.1, -0.05) is 18.2 Å². The average molecular weight is 341 g/mol. The van der Waals surface area contributed by atoms with E-state index in [2.05, 4.69) is 80.4 Å². The van der Waals surface area contributed by atoms with Crippen LogP contribution >= 0.6 is 0 Å². The number of para-hydroxylation sites is 1. The summed E-state index contributed by atoms with van der Waals surface area (Å²) in [6.07, 6.45) is 5.41. The first-order valence-corrected chi connectivity index (χ1v) is 9.27. The number of nitrogens with zero attached hydrogens (tertiary/aromatic N) is 1. The molecule has 2 heterocycles. The van der Waals surface area contributed by atoms with Crippen molar-refractivity contribution in [2.45, 2.75) is 70.5 Å². The van der Waals surface area contributed by atoms with Crippen LogP contribution in [0.3, 0.4) is 0 Å². The summed E-state index contributed by atoms with van der Waals surface area (Å²) in [5.41, 5.74) is 2.57. The molecule has 2 aromatic rings. The van der Waals surface area contributed by atoms with Crippen molar-refractivity contribution in [3.63, 3.8) is 0 Å². The molecule has 0 spiro atoms. The standard InChI is InChI=1S/C21H31N3O/c1-20(2)12-16(13-21(3,4)23-20)22-19(25)11-10-15-14-24(5)18-9-7-6-8-17(15)18/h6-9,14,16,23H,10-13H2,1-5H3,(H,22,25). The smallest absolute Gasteiger partial charge is 0.220 e. The Labute approximate surface area is 151 Å². The van der Waals surface area contributed by atoms with Gasteiger partial charge in [0, 0.05) is 47.7 Å². The van der Waals surface area contributed by atoms with Gasteiger partial charge in [0.2, 0.25) is 5.91 Å². The van der Waals surface area contributed by atoms with Gasteiger partial charge in [0.05, 0.1) is 0 Å². The first-order valence-electron chi connectivity index (χ1n) is 9.27. The number of hydrogen-bond acceptors (Lipinski definition) is 2. The molecule has 1 amide bonds. The van der Waals surface area contributed by atoms with Crippen LogP contribution in [0.15, 0.2) is 30.5 Å². The molecule has 2 N–H and O–H groups in total. The summed E-state index contributed by atoms with van der Waals surface area (Å²) >= 11 is 0. The molecule has 1 aromatic carbocycles. The van der Waals surface area contributed by atoms with Crippen molar-refractivity contribution in [3.8, 4) is 0 Å². The van der Waals surface area contributed by atoms with Crippen LogP contribution in [0.5, 0.6) is 0 Å². The molecule has 1 aliphatic heterocycles. The number of carbonyl (C=O) groups is 1. The van der Waals surface area contributed by atoms with Crippen molar-refractivity contribution in [1.29, 1.82) is 0 Å². The predicted molar refractivity (Wildman–Crippen MR) is 104 cm³/mol. The highest BCUT2D eigenvalue weighted by Gasteiger charge is 2.38. The number of carbonyl (C=O) groups excluding carboxylic acids is 1. The Morgan fingerprint density at radius 1 is 1.20 bits per heavy atom. The maximum atomic E-state index is 12.5. The van der Waals surface area contributed by atoms with Crippen molar-refractivity contribution >= 4 is 16.8 Å². The number of aromatic nitrogens is 1. The van der Waals surface area contributed by atoms with Crippen LogP contribution in [-0.2, 0) is 18.3 Å². The quantitative estimate of drug-likeness (QED) is 0.893. The van der Waals surface area contributed by atoms with Gasteiger partial charge in [0.1, 0.15) is 0 Å². The lowest BCUT2D eigenvalue weighted by Gasteiger charge is -2.46.